The first-order valence-electron chi connectivity index (χ1n) is 12.1. The number of carbonyl (C=O) groups is 1. The molecule has 0 spiro atoms. The van der Waals surface area contributed by atoms with Gasteiger partial charge in [-0.3, -0.25) is 4.79 Å². The number of aryl methyl sites for hydroxylation is 1. The van der Waals surface area contributed by atoms with Gasteiger partial charge in [-0.1, -0.05) is 85.6 Å². The van der Waals surface area contributed by atoms with E-state index in [4.69, 9.17) is 0 Å². The molecule has 3 rings (SSSR count). The summed E-state index contributed by atoms with van der Waals surface area (Å²) in [6.45, 7) is 28.3. The molecule has 0 aromatic heterocycles. The zero-order chi connectivity index (χ0) is 24.8. The van der Waals surface area contributed by atoms with Crippen molar-refractivity contribution in [2.45, 2.75) is 101 Å². The number of phenolic OH excluding ortho intramolecular Hbond substituents is 1. The van der Waals surface area contributed by atoms with Gasteiger partial charge in [-0.05, 0) is 66.7 Å². The van der Waals surface area contributed by atoms with Crippen LogP contribution in [0.5, 0.6) is 5.75 Å². The van der Waals surface area contributed by atoms with Crippen molar-refractivity contribution in [3.05, 3.63) is 51.1 Å². The zero-order valence-electron chi connectivity index (χ0n) is 22.7. The fraction of sp³-hybridized carbons (Fsp3) is 0.633. The average molecular weight is 437 g/mol. The van der Waals surface area contributed by atoms with Gasteiger partial charge in [0.05, 0.1) is 5.92 Å². The van der Waals surface area contributed by atoms with E-state index >= 15 is 0 Å². The van der Waals surface area contributed by atoms with Gasteiger partial charge in [-0.2, -0.15) is 0 Å². The maximum Gasteiger partial charge on any atom is 0.167 e. The summed E-state index contributed by atoms with van der Waals surface area (Å²) < 4.78 is 0. The molecule has 2 aliphatic carbocycles. The van der Waals surface area contributed by atoms with Crippen LogP contribution in [0.1, 0.15) is 104 Å². The highest BCUT2D eigenvalue weighted by Gasteiger charge is 2.63. The van der Waals surface area contributed by atoms with Crippen molar-refractivity contribution in [1.29, 1.82) is 0 Å². The Morgan fingerprint density at radius 1 is 0.938 bits per heavy atom. The molecule has 176 valence electrons. The van der Waals surface area contributed by atoms with E-state index in [1.807, 2.05) is 0 Å². The molecule has 4 unspecified atom stereocenters. The number of ketones is 1. The summed E-state index contributed by atoms with van der Waals surface area (Å²) in [7, 11) is 0. The molecule has 0 fully saturated rings. The molecule has 0 saturated carbocycles. The molecular formula is C30H44O2. The van der Waals surface area contributed by atoms with Gasteiger partial charge < -0.3 is 5.11 Å². The number of hydrogen-bond acceptors (Lipinski definition) is 2. The molecule has 2 aliphatic rings. The van der Waals surface area contributed by atoms with Gasteiger partial charge in [0.2, 0.25) is 0 Å². The van der Waals surface area contributed by atoms with Crippen LogP contribution in [0.25, 0.3) is 0 Å². The summed E-state index contributed by atoms with van der Waals surface area (Å²) >= 11 is 0. The lowest BCUT2D eigenvalue weighted by molar-refractivity contribution is -0.123. The maximum absolute atomic E-state index is 14.4. The van der Waals surface area contributed by atoms with Crippen LogP contribution in [0.3, 0.4) is 0 Å². The number of aromatic hydroxyl groups is 1. The van der Waals surface area contributed by atoms with Gasteiger partial charge in [-0.25, -0.2) is 0 Å². The van der Waals surface area contributed by atoms with Gasteiger partial charge in [0.15, 0.2) is 5.78 Å². The smallest absolute Gasteiger partial charge is 0.167 e. The van der Waals surface area contributed by atoms with E-state index in [-0.39, 0.29) is 22.0 Å². The topological polar surface area (TPSA) is 37.3 Å². The molecule has 4 atom stereocenters. The molecule has 0 amide bonds. The summed E-state index contributed by atoms with van der Waals surface area (Å²) in [5.74, 6) is 0.396. The van der Waals surface area contributed by atoms with Crippen LogP contribution < -0.4 is 0 Å². The molecule has 0 bridgehead atoms. The van der Waals surface area contributed by atoms with Gasteiger partial charge in [-0.15, -0.1) is 0 Å². The Morgan fingerprint density at radius 3 is 1.94 bits per heavy atom. The van der Waals surface area contributed by atoms with Crippen molar-refractivity contribution in [3.63, 3.8) is 0 Å². The Balaban J connectivity index is 2.50. The largest absolute Gasteiger partial charge is 0.507 e. The fourth-order valence-electron chi connectivity index (χ4n) is 6.49. The number of hydrogen-bond donors (Lipinski definition) is 1. The monoisotopic (exact) mass is 436 g/mol. The third kappa shape index (κ3) is 3.08. The summed E-state index contributed by atoms with van der Waals surface area (Å²) in [4.78, 5) is 14.4. The molecule has 1 aromatic rings. The number of phenols is 1. The third-order valence-electron chi connectivity index (χ3n) is 9.36. The number of Topliss-reactive ketones (excluding diaryl/α,β-unsaturated/α-hetero) is 1. The Bertz CT molecular complexity index is 1050. The van der Waals surface area contributed by atoms with E-state index in [2.05, 4.69) is 102 Å². The molecule has 1 aromatic carbocycles. The van der Waals surface area contributed by atoms with Crippen LogP contribution in [0.4, 0.5) is 0 Å². The molecule has 0 heterocycles. The summed E-state index contributed by atoms with van der Waals surface area (Å²) in [6, 6.07) is 2.11. The van der Waals surface area contributed by atoms with Gasteiger partial charge in [0.1, 0.15) is 5.75 Å². The third-order valence-corrected chi connectivity index (χ3v) is 9.36. The first-order chi connectivity index (χ1) is 14.3. The van der Waals surface area contributed by atoms with E-state index in [0.29, 0.717) is 11.7 Å². The minimum absolute atomic E-state index is 0.169. The minimum atomic E-state index is -0.410. The minimum Gasteiger partial charge on any atom is -0.507 e. The first-order valence-corrected chi connectivity index (χ1v) is 12.1. The number of allylic oxidation sites excluding steroid dienone is 4. The lowest BCUT2D eigenvalue weighted by Crippen LogP contribution is -2.50. The zero-order valence-corrected chi connectivity index (χ0v) is 22.7. The Morgan fingerprint density at radius 2 is 1.47 bits per heavy atom. The lowest BCUT2D eigenvalue weighted by atomic mass is 9.48. The van der Waals surface area contributed by atoms with Crippen LogP contribution in [0.15, 0.2) is 28.9 Å². The average Bonchev–Trinajstić information content (AvgIpc) is 2.78. The Kier molecular flexibility index (Phi) is 5.49. The molecule has 32 heavy (non-hydrogen) atoms. The van der Waals surface area contributed by atoms with Crippen molar-refractivity contribution < 1.29 is 9.90 Å². The van der Waals surface area contributed by atoms with Crippen LogP contribution >= 0.6 is 0 Å². The van der Waals surface area contributed by atoms with Crippen LogP contribution in [0.2, 0.25) is 0 Å². The summed E-state index contributed by atoms with van der Waals surface area (Å²) in [6.07, 6.45) is 2.29. The molecule has 1 N–H and O–H groups in total. The highest BCUT2D eigenvalue weighted by molar-refractivity contribution is 6.04. The molecular weight excluding hydrogens is 392 g/mol. The molecule has 0 radical (unpaired) electrons. The highest BCUT2D eigenvalue weighted by atomic mass is 16.3. The van der Waals surface area contributed by atoms with E-state index < -0.39 is 11.3 Å². The van der Waals surface area contributed by atoms with Gasteiger partial charge >= 0.3 is 0 Å². The van der Waals surface area contributed by atoms with Crippen molar-refractivity contribution in [1.82, 2.24) is 0 Å². The standard InChI is InChI=1S/C30H44O2/c1-16-14-21(27(6,7)8)25(31)23(17(16)2)24-26(32)22(28(9,10)11)15-29(12)19(4)18(3)20(5)30(24,29)13/h14-15,19,24,31H,1-13H3. The predicted molar refractivity (Wildman–Crippen MR) is 135 cm³/mol. The Labute approximate surface area is 196 Å². The molecule has 2 nitrogen and oxygen atoms in total. The highest BCUT2D eigenvalue weighted by Crippen LogP contribution is 2.69. The van der Waals surface area contributed by atoms with Gasteiger partial charge in [0, 0.05) is 16.4 Å². The van der Waals surface area contributed by atoms with Crippen molar-refractivity contribution in [2.24, 2.45) is 22.2 Å². The second kappa shape index (κ2) is 7.08. The van der Waals surface area contributed by atoms with E-state index in [0.717, 1.165) is 27.8 Å². The van der Waals surface area contributed by atoms with Crippen LogP contribution in [0, 0.1) is 36.0 Å². The Hall–Kier alpha value is -1.83. The number of carbonyl (C=O) groups excluding carboxylic acids is 1. The summed E-state index contributed by atoms with van der Waals surface area (Å²) in [5.41, 5.74) is 6.43. The summed E-state index contributed by atoms with van der Waals surface area (Å²) in [5, 5.41) is 11.7. The van der Waals surface area contributed by atoms with Crippen LogP contribution in [-0.4, -0.2) is 10.9 Å². The van der Waals surface area contributed by atoms with Gasteiger partial charge in [0.25, 0.3) is 0 Å². The van der Waals surface area contributed by atoms with E-state index in [1.54, 1.807) is 0 Å². The van der Waals surface area contributed by atoms with E-state index in [1.165, 1.54) is 11.1 Å². The lowest BCUT2D eigenvalue weighted by Gasteiger charge is -2.53. The number of benzene rings is 1. The number of fused-ring (bicyclic) bond motifs is 1. The number of rotatable bonds is 1. The van der Waals surface area contributed by atoms with Crippen molar-refractivity contribution in [3.8, 4) is 5.75 Å². The van der Waals surface area contributed by atoms with Crippen LogP contribution in [-0.2, 0) is 10.2 Å². The fourth-order valence-corrected chi connectivity index (χ4v) is 6.49. The normalized spacial score (nSPS) is 31.2. The molecule has 2 heteroatoms. The quantitative estimate of drug-likeness (QED) is 0.454. The SMILES string of the molecule is CC1=C(C)C2(C)C(c3c(C)c(C)cc(C(C)(C)C)c3O)C(=O)C(C(C)(C)C)=CC2(C)C1C. The second-order valence-corrected chi connectivity index (χ2v) is 13.0. The van der Waals surface area contributed by atoms with Crippen molar-refractivity contribution >= 4 is 5.78 Å². The molecule has 0 saturated heterocycles. The van der Waals surface area contributed by atoms with E-state index in [9.17, 15) is 9.90 Å². The second-order valence-electron chi connectivity index (χ2n) is 13.0. The predicted octanol–water partition coefficient (Wildman–Crippen LogP) is 7.94. The maximum atomic E-state index is 14.4. The molecule has 0 aliphatic heterocycles. The van der Waals surface area contributed by atoms with Crippen molar-refractivity contribution in [2.75, 3.05) is 0 Å². The first kappa shape index (κ1) is 24.8.